The van der Waals surface area contributed by atoms with Crippen molar-refractivity contribution < 1.29 is 13.2 Å². The first-order valence-electron chi connectivity index (χ1n) is 8.35. The quantitative estimate of drug-likeness (QED) is 0.826. The molecule has 0 radical (unpaired) electrons. The summed E-state index contributed by atoms with van der Waals surface area (Å²) in [6.07, 6.45) is 6.18. The van der Waals surface area contributed by atoms with Crippen LogP contribution in [0.4, 0.5) is 0 Å². The molecule has 22 heavy (non-hydrogen) atoms. The molecule has 2 rings (SSSR count). The van der Waals surface area contributed by atoms with Crippen molar-refractivity contribution in [3.8, 4) is 0 Å². The third-order valence-corrected chi connectivity index (χ3v) is 6.69. The molecule has 1 aliphatic carbocycles. The van der Waals surface area contributed by atoms with E-state index < -0.39 is 10.2 Å². The van der Waals surface area contributed by atoms with E-state index in [-0.39, 0.29) is 23.9 Å². The van der Waals surface area contributed by atoms with Crippen LogP contribution in [0.2, 0.25) is 0 Å². The molecule has 0 aromatic rings. The number of nitrogens with one attached hydrogen (secondary N) is 1. The Balaban J connectivity index is 1.88. The molecular formula is C15H29N3O3S. The molecule has 0 aromatic heterocycles. The third-order valence-electron chi connectivity index (χ3n) is 4.88. The number of carbonyl (C=O) groups is 1. The van der Waals surface area contributed by atoms with Gasteiger partial charge in [0.05, 0.1) is 0 Å². The van der Waals surface area contributed by atoms with Crippen molar-refractivity contribution in [2.45, 2.75) is 64.5 Å². The predicted octanol–water partition coefficient (Wildman–Crippen LogP) is 1.34. The molecule has 1 heterocycles. The van der Waals surface area contributed by atoms with Gasteiger partial charge in [0.15, 0.2) is 0 Å². The first kappa shape index (κ1) is 17.7. The van der Waals surface area contributed by atoms with E-state index in [0.29, 0.717) is 19.5 Å². The van der Waals surface area contributed by atoms with E-state index in [1.54, 1.807) is 7.05 Å². The zero-order chi connectivity index (χ0) is 16.3. The second-order valence-electron chi connectivity index (χ2n) is 6.84. The fourth-order valence-corrected chi connectivity index (χ4v) is 4.57. The highest BCUT2D eigenvalue weighted by atomic mass is 32.2. The SMILES string of the molecule is CC(C)N(C)S(=O)(=O)NC1CCN(C(=O)C2CCCCC2)C1. The van der Waals surface area contributed by atoms with Crippen LogP contribution in [-0.4, -0.2) is 55.8 Å². The monoisotopic (exact) mass is 331 g/mol. The summed E-state index contributed by atoms with van der Waals surface area (Å²) in [5.41, 5.74) is 0. The van der Waals surface area contributed by atoms with Gasteiger partial charge in [0.2, 0.25) is 5.91 Å². The van der Waals surface area contributed by atoms with Crippen molar-refractivity contribution in [1.29, 1.82) is 0 Å². The van der Waals surface area contributed by atoms with Crippen LogP contribution < -0.4 is 4.72 Å². The fraction of sp³-hybridized carbons (Fsp3) is 0.933. The maximum atomic E-state index is 12.5. The summed E-state index contributed by atoms with van der Waals surface area (Å²) in [7, 11) is -1.90. The van der Waals surface area contributed by atoms with E-state index in [0.717, 1.165) is 25.7 Å². The second-order valence-corrected chi connectivity index (χ2v) is 8.60. The van der Waals surface area contributed by atoms with Crippen LogP contribution in [0.25, 0.3) is 0 Å². The van der Waals surface area contributed by atoms with Crippen LogP contribution in [0.3, 0.4) is 0 Å². The standard InChI is InChI=1S/C15H29N3O3S/c1-12(2)17(3)22(20,21)16-14-9-10-18(11-14)15(19)13-7-5-4-6-8-13/h12-14,16H,4-11H2,1-3H3. The summed E-state index contributed by atoms with van der Waals surface area (Å²) in [5.74, 6) is 0.376. The Labute approximate surface area is 134 Å². The molecule has 0 bridgehead atoms. The van der Waals surface area contributed by atoms with Gasteiger partial charge in [0.1, 0.15) is 0 Å². The maximum absolute atomic E-state index is 12.5. The molecule has 1 unspecified atom stereocenters. The van der Waals surface area contributed by atoms with Gasteiger partial charge >= 0.3 is 0 Å². The molecule has 1 saturated heterocycles. The Morgan fingerprint density at radius 2 is 1.82 bits per heavy atom. The Morgan fingerprint density at radius 1 is 1.18 bits per heavy atom. The van der Waals surface area contributed by atoms with Crippen LogP contribution in [-0.2, 0) is 15.0 Å². The van der Waals surface area contributed by atoms with Crippen LogP contribution in [0.15, 0.2) is 0 Å². The van der Waals surface area contributed by atoms with E-state index in [9.17, 15) is 13.2 Å². The minimum Gasteiger partial charge on any atom is -0.341 e. The lowest BCUT2D eigenvalue weighted by Crippen LogP contribution is -2.47. The second kappa shape index (κ2) is 7.27. The number of hydrogen-bond donors (Lipinski definition) is 1. The van der Waals surface area contributed by atoms with Gasteiger partial charge in [0.25, 0.3) is 10.2 Å². The number of carbonyl (C=O) groups excluding carboxylic acids is 1. The smallest absolute Gasteiger partial charge is 0.279 e. The molecular weight excluding hydrogens is 302 g/mol. The molecule has 1 N–H and O–H groups in total. The molecule has 0 aromatic carbocycles. The predicted molar refractivity (Wildman–Crippen MR) is 86.5 cm³/mol. The first-order chi connectivity index (χ1) is 10.3. The molecule has 2 aliphatic rings. The van der Waals surface area contributed by atoms with Crippen molar-refractivity contribution in [2.24, 2.45) is 5.92 Å². The van der Waals surface area contributed by atoms with Gasteiger partial charge < -0.3 is 4.90 Å². The molecule has 2 fully saturated rings. The highest BCUT2D eigenvalue weighted by Gasteiger charge is 2.34. The van der Waals surface area contributed by atoms with Gasteiger partial charge in [0, 0.05) is 38.1 Å². The first-order valence-corrected chi connectivity index (χ1v) is 9.79. The van der Waals surface area contributed by atoms with Crippen LogP contribution in [0, 0.1) is 5.92 Å². The van der Waals surface area contributed by atoms with Gasteiger partial charge in [-0.15, -0.1) is 0 Å². The Kier molecular flexibility index (Phi) is 5.85. The number of amides is 1. The van der Waals surface area contributed by atoms with Crippen LogP contribution in [0.5, 0.6) is 0 Å². The van der Waals surface area contributed by atoms with Gasteiger partial charge in [-0.05, 0) is 33.1 Å². The zero-order valence-electron chi connectivity index (χ0n) is 13.9. The molecule has 6 nitrogen and oxygen atoms in total. The molecule has 128 valence electrons. The van der Waals surface area contributed by atoms with Crippen LogP contribution >= 0.6 is 0 Å². The molecule has 1 amide bonds. The molecule has 1 aliphatic heterocycles. The van der Waals surface area contributed by atoms with E-state index in [4.69, 9.17) is 0 Å². The number of rotatable bonds is 5. The van der Waals surface area contributed by atoms with Crippen molar-refractivity contribution >= 4 is 16.1 Å². The third kappa shape index (κ3) is 4.20. The average molecular weight is 331 g/mol. The van der Waals surface area contributed by atoms with Gasteiger partial charge in [-0.25, -0.2) is 0 Å². The number of nitrogens with zero attached hydrogens (tertiary/aromatic N) is 2. The van der Waals surface area contributed by atoms with Crippen molar-refractivity contribution in [3.05, 3.63) is 0 Å². The molecule has 1 saturated carbocycles. The highest BCUT2D eigenvalue weighted by molar-refractivity contribution is 7.87. The highest BCUT2D eigenvalue weighted by Crippen LogP contribution is 2.27. The van der Waals surface area contributed by atoms with E-state index in [2.05, 4.69) is 4.72 Å². The average Bonchev–Trinajstić information content (AvgIpc) is 2.94. The molecule has 7 heteroatoms. The number of hydrogen-bond acceptors (Lipinski definition) is 3. The van der Waals surface area contributed by atoms with Gasteiger partial charge in [-0.3, -0.25) is 4.79 Å². The largest absolute Gasteiger partial charge is 0.341 e. The van der Waals surface area contributed by atoms with E-state index in [1.807, 2.05) is 18.7 Å². The fourth-order valence-electron chi connectivity index (χ4n) is 3.24. The topological polar surface area (TPSA) is 69.7 Å². The lowest BCUT2D eigenvalue weighted by Gasteiger charge is -2.27. The minimum absolute atomic E-state index is 0.0844. The zero-order valence-corrected chi connectivity index (χ0v) is 14.7. The normalized spacial score (nSPS) is 24.4. The van der Waals surface area contributed by atoms with Crippen molar-refractivity contribution in [2.75, 3.05) is 20.1 Å². The Morgan fingerprint density at radius 3 is 2.41 bits per heavy atom. The van der Waals surface area contributed by atoms with Crippen molar-refractivity contribution in [3.63, 3.8) is 0 Å². The van der Waals surface area contributed by atoms with Crippen LogP contribution in [0.1, 0.15) is 52.4 Å². The maximum Gasteiger partial charge on any atom is 0.279 e. The summed E-state index contributed by atoms with van der Waals surface area (Å²) < 4.78 is 28.5. The summed E-state index contributed by atoms with van der Waals surface area (Å²) in [5, 5.41) is 0. The lowest BCUT2D eigenvalue weighted by atomic mass is 9.88. The van der Waals surface area contributed by atoms with Crippen molar-refractivity contribution in [1.82, 2.24) is 13.9 Å². The molecule has 0 spiro atoms. The Bertz CT molecular complexity index is 486. The summed E-state index contributed by atoms with van der Waals surface area (Å²) >= 11 is 0. The van der Waals surface area contributed by atoms with E-state index >= 15 is 0 Å². The van der Waals surface area contributed by atoms with Gasteiger partial charge in [-0.2, -0.15) is 17.4 Å². The summed E-state index contributed by atoms with van der Waals surface area (Å²) in [6, 6.07) is -0.252. The summed E-state index contributed by atoms with van der Waals surface area (Å²) in [6.45, 7) is 4.84. The van der Waals surface area contributed by atoms with E-state index in [1.165, 1.54) is 10.7 Å². The summed E-state index contributed by atoms with van der Waals surface area (Å²) in [4.78, 5) is 14.3. The molecule has 1 atom stereocenters. The number of likely N-dealkylation sites (tertiary alicyclic amines) is 1. The lowest BCUT2D eigenvalue weighted by molar-refractivity contribution is -0.135. The van der Waals surface area contributed by atoms with Gasteiger partial charge in [-0.1, -0.05) is 19.3 Å². The minimum atomic E-state index is -3.47. The Hall–Kier alpha value is -0.660.